The van der Waals surface area contributed by atoms with Crippen molar-refractivity contribution in [3.05, 3.63) is 72.8 Å². The van der Waals surface area contributed by atoms with E-state index in [4.69, 9.17) is 10.5 Å². The van der Waals surface area contributed by atoms with Crippen LogP contribution < -0.4 is 15.8 Å². The molecule has 0 spiro atoms. The van der Waals surface area contributed by atoms with Crippen LogP contribution in [0.1, 0.15) is 11.7 Å². The number of halogens is 1. The molecule has 0 aliphatic heterocycles. The maximum absolute atomic E-state index is 14.8. The average molecular weight is 404 g/mol. The molecular weight excluding hydrogens is 383 g/mol. The van der Waals surface area contributed by atoms with E-state index in [0.29, 0.717) is 33.9 Å². The maximum atomic E-state index is 14.8. The molecule has 0 amide bonds. The summed E-state index contributed by atoms with van der Waals surface area (Å²) in [6, 6.07) is 11.7. The van der Waals surface area contributed by atoms with Gasteiger partial charge in [0, 0.05) is 24.5 Å². The summed E-state index contributed by atoms with van der Waals surface area (Å²) < 4.78 is 20.2. The van der Waals surface area contributed by atoms with Crippen molar-refractivity contribution in [2.45, 2.75) is 12.2 Å². The Morgan fingerprint density at radius 3 is 2.53 bits per heavy atom. The highest BCUT2D eigenvalue weighted by Gasteiger charge is 2.20. The lowest BCUT2D eigenvalue weighted by Crippen LogP contribution is -2.33. The molecule has 30 heavy (non-hydrogen) atoms. The zero-order chi connectivity index (χ0) is 20.9. The van der Waals surface area contributed by atoms with Gasteiger partial charge in [-0.25, -0.2) is 14.4 Å². The van der Waals surface area contributed by atoms with Crippen LogP contribution in [0.25, 0.3) is 22.3 Å². The molecule has 3 N–H and O–H groups in total. The highest BCUT2D eigenvalue weighted by Crippen LogP contribution is 2.31. The van der Waals surface area contributed by atoms with Gasteiger partial charge in [0.05, 0.1) is 36.4 Å². The molecule has 0 aliphatic carbocycles. The molecule has 3 aromatic heterocycles. The number of ether oxygens (including phenoxy) is 1. The van der Waals surface area contributed by atoms with E-state index < -0.39 is 12.2 Å². The Hall–Kier alpha value is -3.65. The molecule has 152 valence electrons. The Labute approximate surface area is 173 Å². The number of hydrogen-bond donors (Lipinski definition) is 2. The van der Waals surface area contributed by atoms with Crippen LogP contribution in [-0.4, -0.2) is 39.6 Å². The average Bonchev–Trinajstić information content (AvgIpc) is 2.82. The third-order valence-corrected chi connectivity index (χ3v) is 4.73. The predicted octanol–water partition coefficient (Wildman–Crippen LogP) is 3.55. The van der Waals surface area contributed by atoms with E-state index in [1.54, 1.807) is 56.2 Å². The number of fused-ring (bicyclic) bond motifs is 1. The van der Waals surface area contributed by atoms with Crippen LogP contribution in [0.15, 0.2) is 67.3 Å². The van der Waals surface area contributed by atoms with Crippen molar-refractivity contribution >= 4 is 16.7 Å². The first-order valence-corrected chi connectivity index (χ1v) is 9.46. The van der Waals surface area contributed by atoms with Gasteiger partial charge < -0.3 is 15.8 Å². The van der Waals surface area contributed by atoms with Crippen molar-refractivity contribution < 1.29 is 9.13 Å². The van der Waals surface area contributed by atoms with Gasteiger partial charge in [0.25, 0.3) is 0 Å². The third-order valence-electron chi connectivity index (χ3n) is 4.73. The number of hydrogen-bond acceptors (Lipinski definition) is 7. The molecular formula is C22H21FN6O. The molecule has 0 radical (unpaired) electrons. The summed E-state index contributed by atoms with van der Waals surface area (Å²) in [6.07, 6.45) is 5.25. The molecule has 8 heteroatoms. The minimum atomic E-state index is -1.31. The van der Waals surface area contributed by atoms with Gasteiger partial charge in [-0.05, 0) is 17.7 Å². The van der Waals surface area contributed by atoms with E-state index in [1.807, 2.05) is 18.2 Å². The summed E-state index contributed by atoms with van der Waals surface area (Å²) in [5.41, 5.74) is 8.07. The lowest BCUT2D eigenvalue weighted by Gasteiger charge is -2.19. The summed E-state index contributed by atoms with van der Waals surface area (Å²) in [6.45, 7) is 0.170. The lowest BCUT2D eigenvalue weighted by molar-refractivity contribution is 0.295. The monoisotopic (exact) mass is 404 g/mol. The van der Waals surface area contributed by atoms with Gasteiger partial charge >= 0.3 is 0 Å². The van der Waals surface area contributed by atoms with E-state index in [9.17, 15) is 4.39 Å². The molecule has 2 atom stereocenters. The second kappa shape index (κ2) is 8.79. The van der Waals surface area contributed by atoms with Crippen LogP contribution in [0.3, 0.4) is 0 Å². The van der Waals surface area contributed by atoms with E-state index in [-0.39, 0.29) is 6.54 Å². The second-order valence-electron chi connectivity index (χ2n) is 6.72. The molecule has 1 aromatic carbocycles. The van der Waals surface area contributed by atoms with E-state index in [0.717, 1.165) is 5.56 Å². The van der Waals surface area contributed by atoms with E-state index in [2.05, 4.69) is 25.3 Å². The first kappa shape index (κ1) is 19.7. The molecule has 4 rings (SSSR count). The fourth-order valence-corrected chi connectivity index (χ4v) is 3.17. The Bertz CT molecular complexity index is 1130. The number of nitrogens with one attached hydrogen (secondary N) is 1. The second-order valence-corrected chi connectivity index (χ2v) is 6.72. The highest BCUT2D eigenvalue weighted by molar-refractivity contribution is 5.95. The maximum Gasteiger partial charge on any atom is 0.162 e. The Balaban J connectivity index is 1.68. The van der Waals surface area contributed by atoms with Gasteiger partial charge in [0.15, 0.2) is 5.82 Å². The summed E-state index contributed by atoms with van der Waals surface area (Å²) >= 11 is 0. The quantitative estimate of drug-likeness (QED) is 0.486. The Morgan fingerprint density at radius 2 is 1.80 bits per heavy atom. The van der Waals surface area contributed by atoms with Gasteiger partial charge in [-0.2, -0.15) is 0 Å². The van der Waals surface area contributed by atoms with Gasteiger partial charge in [-0.15, -0.1) is 0 Å². The standard InChI is InChI=1S/C22H21FN6O/c1-30-18-13-26-12-17-19(18)22(29-21(28-17)15-7-9-25-10-8-15)27-11-16(24)20(23)14-5-3-2-4-6-14/h2-10,12-13,16,20H,11,24H2,1H3,(H,27,28,29)/t16-,20-/m1/s1. The lowest BCUT2D eigenvalue weighted by atomic mass is 10.0. The van der Waals surface area contributed by atoms with E-state index >= 15 is 0 Å². The molecule has 7 nitrogen and oxygen atoms in total. The van der Waals surface area contributed by atoms with Crippen LogP contribution in [0.5, 0.6) is 5.75 Å². The Morgan fingerprint density at radius 1 is 1.03 bits per heavy atom. The first-order chi connectivity index (χ1) is 14.7. The van der Waals surface area contributed by atoms with E-state index in [1.165, 1.54) is 0 Å². The molecule has 4 aromatic rings. The number of rotatable bonds is 7. The smallest absolute Gasteiger partial charge is 0.162 e. The normalized spacial score (nSPS) is 13.0. The molecule has 0 saturated heterocycles. The number of pyridine rings is 2. The summed E-state index contributed by atoms with van der Waals surface area (Å²) in [5.74, 6) is 1.52. The number of anilines is 1. The molecule has 3 heterocycles. The summed E-state index contributed by atoms with van der Waals surface area (Å²) in [7, 11) is 1.55. The SMILES string of the molecule is COc1cncc2nc(-c3ccncc3)nc(NC[C@@H](N)[C@H](F)c3ccccc3)c12. The van der Waals surface area contributed by atoms with Crippen molar-refractivity contribution in [3.63, 3.8) is 0 Å². The fraction of sp³-hybridized carbons (Fsp3) is 0.182. The van der Waals surface area contributed by atoms with Crippen LogP contribution in [0.4, 0.5) is 10.2 Å². The van der Waals surface area contributed by atoms with Crippen LogP contribution in [0, 0.1) is 0 Å². The number of benzene rings is 1. The van der Waals surface area contributed by atoms with Crippen molar-refractivity contribution in [2.75, 3.05) is 19.0 Å². The number of aromatic nitrogens is 4. The largest absolute Gasteiger partial charge is 0.494 e. The molecule has 0 saturated carbocycles. The number of methoxy groups -OCH3 is 1. The summed E-state index contributed by atoms with van der Waals surface area (Å²) in [5, 5.41) is 3.84. The third kappa shape index (κ3) is 4.04. The predicted molar refractivity (Wildman–Crippen MR) is 114 cm³/mol. The molecule has 0 aliphatic rings. The highest BCUT2D eigenvalue weighted by atomic mass is 19.1. The van der Waals surface area contributed by atoms with Gasteiger partial charge in [-0.3, -0.25) is 9.97 Å². The number of nitrogens with zero attached hydrogens (tertiary/aromatic N) is 4. The fourth-order valence-electron chi connectivity index (χ4n) is 3.17. The van der Waals surface area contributed by atoms with Crippen molar-refractivity contribution in [1.82, 2.24) is 19.9 Å². The van der Waals surface area contributed by atoms with Crippen LogP contribution in [-0.2, 0) is 0 Å². The summed E-state index contributed by atoms with van der Waals surface area (Å²) in [4.78, 5) is 17.5. The zero-order valence-electron chi connectivity index (χ0n) is 16.4. The Kier molecular flexibility index (Phi) is 5.76. The zero-order valence-corrected chi connectivity index (χ0v) is 16.4. The van der Waals surface area contributed by atoms with Crippen molar-refractivity contribution in [1.29, 1.82) is 0 Å². The van der Waals surface area contributed by atoms with Crippen molar-refractivity contribution in [2.24, 2.45) is 5.73 Å². The number of alkyl halides is 1. The van der Waals surface area contributed by atoms with Gasteiger partial charge in [0.2, 0.25) is 0 Å². The van der Waals surface area contributed by atoms with Gasteiger partial charge in [-0.1, -0.05) is 30.3 Å². The van der Waals surface area contributed by atoms with Crippen LogP contribution >= 0.6 is 0 Å². The topological polar surface area (TPSA) is 98.8 Å². The minimum absolute atomic E-state index is 0.170. The van der Waals surface area contributed by atoms with Crippen LogP contribution in [0.2, 0.25) is 0 Å². The minimum Gasteiger partial charge on any atom is -0.494 e. The molecule has 0 fully saturated rings. The first-order valence-electron chi connectivity index (χ1n) is 9.46. The molecule has 0 unspecified atom stereocenters. The number of nitrogens with two attached hydrogens (primary N) is 1. The van der Waals surface area contributed by atoms with Crippen molar-refractivity contribution in [3.8, 4) is 17.1 Å². The molecule has 0 bridgehead atoms. The van der Waals surface area contributed by atoms with Gasteiger partial charge in [0.1, 0.15) is 17.7 Å².